The molecule has 27 heavy (non-hydrogen) atoms. The zero-order valence-electron chi connectivity index (χ0n) is 14.4. The fraction of sp³-hybridized carbons (Fsp3) is 0. The second kappa shape index (κ2) is 5.60. The minimum absolute atomic E-state index is 0.897. The van der Waals surface area contributed by atoms with Crippen LogP contribution in [0, 0.1) is 0 Å². The molecule has 0 amide bonds. The van der Waals surface area contributed by atoms with Gasteiger partial charge in [0.15, 0.2) is 5.58 Å². The van der Waals surface area contributed by atoms with E-state index in [-0.39, 0.29) is 0 Å². The standard InChI is InChI=1S/C24H15NOS/c1-3-10-21-16(6-1)18-8-5-9-20(24(18)26-21)25-15-12-13-23-19(14-15)17-7-2-4-11-22(17)27-23/h1-14,25H. The molecule has 4 aromatic carbocycles. The number of hydrogen-bond donors (Lipinski definition) is 1. The maximum Gasteiger partial charge on any atom is 0.158 e. The van der Waals surface area contributed by atoms with Crippen LogP contribution in [0.25, 0.3) is 42.1 Å². The van der Waals surface area contributed by atoms with Crippen LogP contribution in [-0.2, 0) is 0 Å². The molecule has 0 fully saturated rings. The van der Waals surface area contributed by atoms with Gasteiger partial charge in [-0.2, -0.15) is 0 Å². The predicted octanol–water partition coefficient (Wildman–Crippen LogP) is 7.70. The minimum atomic E-state index is 0.897. The van der Waals surface area contributed by atoms with Crippen LogP contribution in [0.15, 0.2) is 89.3 Å². The first kappa shape index (κ1) is 14.8. The van der Waals surface area contributed by atoms with Crippen LogP contribution in [0.4, 0.5) is 11.4 Å². The number of thiophene rings is 1. The average Bonchev–Trinajstić information content (AvgIpc) is 3.27. The fourth-order valence-corrected chi connectivity index (χ4v) is 4.89. The lowest BCUT2D eigenvalue weighted by Crippen LogP contribution is -1.90. The van der Waals surface area contributed by atoms with Crippen LogP contribution >= 0.6 is 11.3 Å². The van der Waals surface area contributed by atoms with E-state index >= 15 is 0 Å². The van der Waals surface area contributed by atoms with Crippen LogP contribution in [0.2, 0.25) is 0 Å². The Morgan fingerprint density at radius 1 is 0.630 bits per heavy atom. The van der Waals surface area contributed by atoms with Crippen LogP contribution in [0.5, 0.6) is 0 Å². The van der Waals surface area contributed by atoms with E-state index in [0.717, 1.165) is 33.3 Å². The molecule has 0 aliphatic carbocycles. The number of para-hydroxylation sites is 2. The fourth-order valence-electron chi connectivity index (χ4n) is 3.80. The second-order valence-corrected chi connectivity index (χ2v) is 7.80. The molecule has 6 aromatic rings. The van der Waals surface area contributed by atoms with E-state index < -0.39 is 0 Å². The van der Waals surface area contributed by atoms with Gasteiger partial charge in [0.2, 0.25) is 0 Å². The van der Waals surface area contributed by atoms with Gasteiger partial charge in [-0.05, 0) is 36.4 Å². The Hall–Kier alpha value is -3.30. The molecule has 3 heteroatoms. The van der Waals surface area contributed by atoms with Crippen LogP contribution in [-0.4, -0.2) is 0 Å². The quantitative estimate of drug-likeness (QED) is 0.340. The third kappa shape index (κ3) is 2.25. The zero-order valence-corrected chi connectivity index (χ0v) is 15.2. The molecule has 2 heterocycles. The molecule has 128 valence electrons. The van der Waals surface area contributed by atoms with Crippen molar-refractivity contribution in [3.8, 4) is 0 Å². The first-order chi connectivity index (χ1) is 13.4. The summed E-state index contributed by atoms with van der Waals surface area (Å²) in [6.07, 6.45) is 0. The molecule has 6 rings (SSSR count). The van der Waals surface area contributed by atoms with E-state index in [1.807, 2.05) is 29.5 Å². The van der Waals surface area contributed by atoms with Crippen molar-refractivity contribution >= 4 is 64.8 Å². The van der Waals surface area contributed by atoms with Gasteiger partial charge in [0.05, 0.1) is 5.69 Å². The predicted molar refractivity (Wildman–Crippen MR) is 116 cm³/mol. The third-order valence-electron chi connectivity index (χ3n) is 5.06. The van der Waals surface area contributed by atoms with E-state index in [0.29, 0.717) is 0 Å². The summed E-state index contributed by atoms with van der Waals surface area (Å²) >= 11 is 1.84. The summed E-state index contributed by atoms with van der Waals surface area (Å²) in [6, 6.07) is 29.6. The number of benzene rings is 4. The van der Waals surface area contributed by atoms with Crippen molar-refractivity contribution in [2.24, 2.45) is 0 Å². The summed E-state index contributed by atoms with van der Waals surface area (Å²) in [5.74, 6) is 0. The van der Waals surface area contributed by atoms with Crippen LogP contribution < -0.4 is 5.32 Å². The van der Waals surface area contributed by atoms with Crippen molar-refractivity contribution in [1.82, 2.24) is 0 Å². The molecule has 0 aliphatic heterocycles. The summed E-state index contributed by atoms with van der Waals surface area (Å²) in [7, 11) is 0. The summed E-state index contributed by atoms with van der Waals surface area (Å²) in [5, 5.41) is 8.45. The molecule has 2 aromatic heterocycles. The van der Waals surface area contributed by atoms with Gasteiger partial charge in [-0.3, -0.25) is 0 Å². The van der Waals surface area contributed by atoms with Crippen LogP contribution in [0.3, 0.4) is 0 Å². The molecular formula is C24H15NOS. The van der Waals surface area contributed by atoms with Gasteiger partial charge in [0, 0.05) is 36.6 Å². The SMILES string of the molecule is c1ccc2c(c1)oc1c(Nc3ccc4sc5ccccc5c4c3)cccc12. The highest BCUT2D eigenvalue weighted by Gasteiger charge is 2.11. The minimum Gasteiger partial charge on any atom is -0.454 e. The number of anilines is 2. The van der Waals surface area contributed by atoms with Crippen molar-refractivity contribution in [3.05, 3.63) is 84.9 Å². The summed E-state index contributed by atoms with van der Waals surface area (Å²) < 4.78 is 8.77. The van der Waals surface area contributed by atoms with E-state index in [1.165, 1.54) is 20.2 Å². The Morgan fingerprint density at radius 3 is 2.37 bits per heavy atom. The number of hydrogen-bond acceptors (Lipinski definition) is 3. The maximum atomic E-state index is 6.14. The molecule has 0 unspecified atom stereocenters. The zero-order chi connectivity index (χ0) is 17.8. The Bertz CT molecular complexity index is 1460. The molecule has 0 saturated heterocycles. The van der Waals surface area contributed by atoms with Gasteiger partial charge in [0.25, 0.3) is 0 Å². The first-order valence-corrected chi connectivity index (χ1v) is 9.77. The molecule has 0 aliphatic rings. The summed E-state index contributed by atoms with van der Waals surface area (Å²) in [5.41, 5.74) is 3.87. The molecule has 0 spiro atoms. The average molecular weight is 365 g/mol. The number of fused-ring (bicyclic) bond motifs is 6. The lowest BCUT2D eigenvalue weighted by molar-refractivity contribution is 0.670. The number of nitrogens with one attached hydrogen (secondary N) is 1. The number of rotatable bonds is 2. The lowest BCUT2D eigenvalue weighted by Gasteiger charge is -2.07. The van der Waals surface area contributed by atoms with Crippen molar-refractivity contribution in [2.45, 2.75) is 0 Å². The van der Waals surface area contributed by atoms with E-state index in [2.05, 4.69) is 72.0 Å². The molecular weight excluding hydrogens is 350 g/mol. The Balaban J connectivity index is 1.51. The normalized spacial score (nSPS) is 11.7. The van der Waals surface area contributed by atoms with Gasteiger partial charge >= 0.3 is 0 Å². The van der Waals surface area contributed by atoms with Crippen molar-refractivity contribution < 1.29 is 4.42 Å². The largest absolute Gasteiger partial charge is 0.454 e. The van der Waals surface area contributed by atoms with E-state index in [4.69, 9.17) is 4.42 Å². The third-order valence-corrected chi connectivity index (χ3v) is 6.21. The van der Waals surface area contributed by atoms with Crippen molar-refractivity contribution in [3.63, 3.8) is 0 Å². The van der Waals surface area contributed by atoms with Gasteiger partial charge in [0.1, 0.15) is 5.58 Å². The monoisotopic (exact) mass is 365 g/mol. The highest BCUT2D eigenvalue weighted by Crippen LogP contribution is 2.38. The summed E-state index contributed by atoms with van der Waals surface area (Å²) in [4.78, 5) is 0. The van der Waals surface area contributed by atoms with E-state index in [9.17, 15) is 0 Å². The molecule has 1 N–H and O–H groups in total. The lowest BCUT2D eigenvalue weighted by atomic mass is 10.1. The molecule has 0 saturated carbocycles. The number of furan rings is 1. The van der Waals surface area contributed by atoms with E-state index in [1.54, 1.807) is 0 Å². The maximum absolute atomic E-state index is 6.14. The summed E-state index contributed by atoms with van der Waals surface area (Å²) in [6.45, 7) is 0. The smallest absolute Gasteiger partial charge is 0.158 e. The van der Waals surface area contributed by atoms with Gasteiger partial charge in [-0.15, -0.1) is 11.3 Å². The Morgan fingerprint density at radius 2 is 1.41 bits per heavy atom. The molecule has 0 atom stereocenters. The molecule has 0 radical (unpaired) electrons. The first-order valence-electron chi connectivity index (χ1n) is 8.95. The Labute approximate surface area is 159 Å². The topological polar surface area (TPSA) is 25.2 Å². The van der Waals surface area contributed by atoms with Gasteiger partial charge in [-0.1, -0.05) is 48.5 Å². The van der Waals surface area contributed by atoms with Crippen molar-refractivity contribution in [2.75, 3.05) is 5.32 Å². The van der Waals surface area contributed by atoms with Crippen LogP contribution in [0.1, 0.15) is 0 Å². The molecule has 0 bridgehead atoms. The highest BCUT2D eigenvalue weighted by molar-refractivity contribution is 7.25. The van der Waals surface area contributed by atoms with Crippen molar-refractivity contribution in [1.29, 1.82) is 0 Å². The Kier molecular flexibility index (Phi) is 3.07. The van der Waals surface area contributed by atoms with Gasteiger partial charge in [-0.25, -0.2) is 0 Å². The highest BCUT2D eigenvalue weighted by atomic mass is 32.1. The van der Waals surface area contributed by atoms with Gasteiger partial charge < -0.3 is 9.73 Å². The molecule has 2 nitrogen and oxygen atoms in total. The second-order valence-electron chi connectivity index (χ2n) is 6.71.